The summed E-state index contributed by atoms with van der Waals surface area (Å²) in [6.07, 6.45) is 2.08. The molecule has 1 nitrogen and oxygen atoms in total. The van der Waals surface area contributed by atoms with Crippen LogP contribution in [0.25, 0.3) is 0 Å². The molecule has 0 amide bonds. The lowest BCUT2D eigenvalue weighted by Gasteiger charge is -2.03. The number of thioether (sulfide) groups is 2. The average molecular weight is 362 g/mol. The molecule has 0 fully saturated rings. The molecule has 0 bridgehead atoms. The van der Waals surface area contributed by atoms with E-state index >= 15 is 0 Å². The van der Waals surface area contributed by atoms with Gasteiger partial charge in [-0.15, -0.1) is 0 Å². The highest BCUT2D eigenvalue weighted by molar-refractivity contribution is 8.14. The van der Waals surface area contributed by atoms with Crippen molar-refractivity contribution in [3.8, 4) is 0 Å². The van der Waals surface area contributed by atoms with Gasteiger partial charge in [0.25, 0.3) is 0 Å². The van der Waals surface area contributed by atoms with Crippen molar-refractivity contribution in [2.24, 2.45) is 4.99 Å². The van der Waals surface area contributed by atoms with Crippen molar-refractivity contribution >= 4 is 34.3 Å². The third-order valence-corrected chi connectivity index (χ3v) is 5.16. The predicted molar refractivity (Wildman–Crippen MR) is 112 cm³/mol. The minimum Gasteiger partial charge on any atom is -0.242 e. The van der Waals surface area contributed by atoms with E-state index < -0.39 is 0 Å². The Kier molecular flexibility index (Phi) is 6.55. The van der Waals surface area contributed by atoms with Crippen LogP contribution in [0.2, 0.25) is 0 Å². The summed E-state index contributed by atoms with van der Waals surface area (Å²) in [5, 5.41) is 3.07. The van der Waals surface area contributed by atoms with Gasteiger partial charge in [0, 0.05) is 9.79 Å². The molecule has 124 valence electrons. The minimum atomic E-state index is 0.971. The van der Waals surface area contributed by atoms with Crippen LogP contribution in [0.3, 0.4) is 0 Å². The van der Waals surface area contributed by atoms with Crippen LogP contribution in [0.15, 0.2) is 111 Å². The summed E-state index contributed by atoms with van der Waals surface area (Å²) in [5.41, 5.74) is 2.21. The zero-order chi connectivity index (χ0) is 17.3. The largest absolute Gasteiger partial charge is 0.242 e. The first-order chi connectivity index (χ1) is 12.3. The molecule has 0 heterocycles. The van der Waals surface area contributed by atoms with Crippen LogP contribution in [-0.4, -0.2) is 5.04 Å². The zero-order valence-electron chi connectivity index (χ0n) is 14.0. The third kappa shape index (κ3) is 5.96. The molecule has 3 heteroatoms. The fraction of sp³-hybridized carbons (Fsp3) is 0.0455. The monoisotopic (exact) mass is 361 g/mol. The molecule has 3 rings (SSSR count). The molecule has 0 N–H and O–H groups in total. The Labute approximate surface area is 157 Å². The van der Waals surface area contributed by atoms with E-state index in [0.717, 1.165) is 10.7 Å². The van der Waals surface area contributed by atoms with Crippen LogP contribution in [0, 0.1) is 6.92 Å². The first-order valence-corrected chi connectivity index (χ1v) is 9.76. The fourth-order valence-corrected chi connectivity index (χ4v) is 3.70. The van der Waals surface area contributed by atoms with E-state index in [9.17, 15) is 0 Å². The molecule has 0 aliphatic heterocycles. The standard InChI is InChI=1S/C22H19NS2/c1-18-12-14-19(15-13-18)23-22(25-21-10-6-3-7-11-21)16-17-24-20-8-4-2-5-9-20/h2-17H,1H3. The molecular weight excluding hydrogens is 342 g/mol. The Bertz CT molecular complexity index is 838. The Morgan fingerprint density at radius 3 is 2.00 bits per heavy atom. The van der Waals surface area contributed by atoms with Crippen LogP contribution in [0.1, 0.15) is 5.56 Å². The number of rotatable bonds is 5. The highest BCUT2D eigenvalue weighted by Crippen LogP contribution is 2.25. The number of aryl methyl sites for hydroxylation is 1. The van der Waals surface area contributed by atoms with Crippen molar-refractivity contribution in [1.82, 2.24) is 0 Å². The number of hydrogen-bond donors (Lipinski definition) is 0. The van der Waals surface area contributed by atoms with Gasteiger partial charge >= 0.3 is 0 Å². The van der Waals surface area contributed by atoms with Gasteiger partial charge in [-0.2, -0.15) is 0 Å². The Hall–Kier alpha value is -2.23. The average Bonchev–Trinajstić information content (AvgIpc) is 2.65. The topological polar surface area (TPSA) is 12.4 Å². The molecule has 0 aliphatic carbocycles. The van der Waals surface area contributed by atoms with Crippen LogP contribution < -0.4 is 0 Å². The highest BCUT2D eigenvalue weighted by atomic mass is 32.2. The lowest BCUT2D eigenvalue weighted by molar-refractivity contribution is 1.44. The molecule has 0 radical (unpaired) electrons. The fourth-order valence-electron chi connectivity index (χ4n) is 2.12. The van der Waals surface area contributed by atoms with Crippen molar-refractivity contribution in [1.29, 1.82) is 0 Å². The number of nitrogens with zero attached hydrogens (tertiary/aromatic N) is 1. The van der Waals surface area contributed by atoms with Crippen LogP contribution >= 0.6 is 23.5 Å². The molecule has 0 saturated heterocycles. The van der Waals surface area contributed by atoms with Gasteiger partial charge in [0.15, 0.2) is 0 Å². The molecule has 3 aromatic rings. The molecule has 25 heavy (non-hydrogen) atoms. The Morgan fingerprint density at radius 1 is 0.760 bits per heavy atom. The minimum absolute atomic E-state index is 0.971. The molecule has 0 aliphatic rings. The van der Waals surface area contributed by atoms with E-state index in [1.807, 2.05) is 24.3 Å². The highest BCUT2D eigenvalue weighted by Gasteiger charge is 2.00. The van der Waals surface area contributed by atoms with Gasteiger partial charge in [-0.05, 0) is 54.8 Å². The lowest BCUT2D eigenvalue weighted by atomic mass is 10.2. The lowest BCUT2D eigenvalue weighted by Crippen LogP contribution is -1.86. The molecule has 0 spiro atoms. The van der Waals surface area contributed by atoms with Gasteiger partial charge in [-0.25, -0.2) is 4.99 Å². The second-order valence-electron chi connectivity index (χ2n) is 5.43. The van der Waals surface area contributed by atoms with E-state index in [4.69, 9.17) is 4.99 Å². The first-order valence-electron chi connectivity index (χ1n) is 8.06. The van der Waals surface area contributed by atoms with E-state index in [2.05, 4.69) is 79.1 Å². The van der Waals surface area contributed by atoms with E-state index in [-0.39, 0.29) is 0 Å². The maximum atomic E-state index is 4.81. The molecule has 0 aromatic heterocycles. The molecule has 3 aromatic carbocycles. The summed E-state index contributed by atoms with van der Waals surface area (Å²) in [6, 6.07) is 29.0. The Morgan fingerprint density at radius 2 is 1.36 bits per heavy atom. The number of hydrogen-bond acceptors (Lipinski definition) is 3. The van der Waals surface area contributed by atoms with Crippen molar-refractivity contribution < 1.29 is 0 Å². The normalized spacial score (nSPS) is 11.8. The van der Waals surface area contributed by atoms with Gasteiger partial charge in [0.2, 0.25) is 0 Å². The molecular formula is C22H19NS2. The van der Waals surface area contributed by atoms with Crippen molar-refractivity contribution in [3.63, 3.8) is 0 Å². The van der Waals surface area contributed by atoms with Gasteiger partial charge < -0.3 is 0 Å². The maximum absolute atomic E-state index is 4.81. The van der Waals surface area contributed by atoms with Gasteiger partial charge in [0.05, 0.1) is 5.69 Å². The predicted octanol–water partition coefficient (Wildman–Crippen LogP) is 7.12. The maximum Gasteiger partial charge on any atom is 0.102 e. The van der Waals surface area contributed by atoms with E-state index in [1.165, 1.54) is 15.4 Å². The summed E-state index contributed by atoms with van der Waals surface area (Å²) in [5.74, 6) is 0. The van der Waals surface area contributed by atoms with E-state index in [1.54, 1.807) is 23.5 Å². The second kappa shape index (κ2) is 9.30. The summed E-state index contributed by atoms with van der Waals surface area (Å²) < 4.78 is 0. The van der Waals surface area contributed by atoms with Crippen molar-refractivity contribution in [2.75, 3.05) is 0 Å². The summed E-state index contributed by atoms with van der Waals surface area (Å²) in [7, 11) is 0. The smallest absolute Gasteiger partial charge is 0.102 e. The first kappa shape index (κ1) is 17.6. The zero-order valence-corrected chi connectivity index (χ0v) is 15.6. The van der Waals surface area contributed by atoms with Crippen LogP contribution in [0.5, 0.6) is 0 Å². The molecule has 0 atom stereocenters. The van der Waals surface area contributed by atoms with Crippen LogP contribution in [-0.2, 0) is 0 Å². The number of aliphatic imine (C=N–C) groups is 1. The summed E-state index contributed by atoms with van der Waals surface area (Å²) in [6.45, 7) is 2.09. The molecule has 0 saturated carbocycles. The van der Waals surface area contributed by atoms with Gasteiger partial charge in [-0.1, -0.05) is 77.6 Å². The SMILES string of the molecule is Cc1ccc(N=C(C=CSc2ccccc2)Sc2ccccc2)cc1. The van der Waals surface area contributed by atoms with Crippen molar-refractivity contribution in [2.45, 2.75) is 16.7 Å². The van der Waals surface area contributed by atoms with E-state index in [0.29, 0.717) is 0 Å². The second-order valence-corrected chi connectivity index (χ2v) is 7.51. The third-order valence-electron chi connectivity index (χ3n) is 3.40. The quantitative estimate of drug-likeness (QED) is 0.272. The Balaban J connectivity index is 1.79. The number of benzene rings is 3. The summed E-state index contributed by atoms with van der Waals surface area (Å²) >= 11 is 3.37. The van der Waals surface area contributed by atoms with Gasteiger partial charge in [0.1, 0.15) is 5.04 Å². The van der Waals surface area contributed by atoms with Gasteiger partial charge in [-0.3, -0.25) is 0 Å². The van der Waals surface area contributed by atoms with Crippen molar-refractivity contribution in [3.05, 3.63) is 102 Å². The summed E-state index contributed by atoms with van der Waals surface area (Å²) in [4.78, 5) is 7.21. The molecule has 0 unspecified atom stereocenters. The van der Waals surface area contributed by atoms with Crippen LogP contribution in [0.4, 0.5) is 5.69 Å².